The topological polar surface area (TPSA) is 111 Å². The molecule has 0 aliphatic rings. The molecule has 0 fully saturated rings. The zero-order valence-electron chi connectivity index (χ0n) is 27.5. The van der Waals surface area contributed by atoms with Crippen LogP contribution in [0.1, 0.15) is 48.9 Å². The Hall–Kier alpha value is -5.24. The summed E-state index contributed by atoms with van der Waals surface area (Å²) in [6, 6.07) is 35.5. The third-order valence-electron chi connectivity index (χ3n) is 7.85. The number of hydrogen-bond acceptors (Lipinski definition) is 6. The van der Waals surface area contributed by atoms with Crippen molar-refractivity contribution in [2.24, 2.45) is 11.8 Å². The van der Waals surface area contributed by atoms with Gasteiger partial charge < -0.3 is 20.1 Å². The Kier molecular flexibility index (Phi) is 13.9. The maximum atomic E-state index is 14.0. The molecule has 0 heterocycles. The molecular weight excluding hydrogens is 604 g/mol. The number of alkyl carbamates (subject to hydrolysis) is 1. The van der Waals surface area contributed by atoms with E-state index >= 15 is 0 Å². The Bertz CT molecular complexity index is 1580. The number of carbonyl (C=O) groups excluding carboxylic acids is 4. The first kappa shape index (κ1) is 35.6. The van der Waals surface area contributed by atoms with Gasteiger partial charge in [0.15, 0.2) is 5.78 Å². The molecule has 2 N–H and O–H groups in total. The summed E-state index contributed by atoms with van der Waals surface area (Å²) in [6.45, 7) is 4.06. The summed E-state index contributed by atoms with van der Waals surface area (Å²) >= 11 is 0. The molecule has 8 nitrogen and oxygen atoms in total. The predicted molar refractivity (Wildman–Crippen MR) is 185 cm³/mol. The van der Waals surface area contributed by atoms with Gasteiger partial charge in [-0.25, -0.2) is 9.59 Å². The Labute approximate surface area is 282 Å². The highest BCUT2D eigenvalue weighted by Gasteiger charge is 2.32. The van der Waals surface area contributed by atoms with Crippen LogP contribution in [0.3, 0.4) is 0 Å². The van der Waals surface area contributed by atoms with Gasteiger partial charge in [-0.3, -0.25) is 9.59 Å². The summed E-state index contributed by atoms with van der Waals surface area (Å²) in [5, 5.41) is 5.64. The minimum absolute atomic E-state index is 0.0512. The van der Waals surface area contributed by atoms with Crippen molar-refractivity contribution in [1.29, 1.82) is 0 Å². The van der Waals surface area contributed by atoms with E-state index in [1.54, 1.807) is 0 Å². The van der Waals surface area contributed by atoms with Crippen LogP contribution in [0.15, 0.2) is 121 Å². The number of nitrogens with one attached hydrogen (secondary N) is 2. The highest BCUT2D eigenvalue weighted by atomic mass is 16.5. The molecule has 0 radical (unpaired) electrons. The van der Waals surface area contributed by atoms with E-state index in [9.17, 15) is 19.2 Å². The first-order chi connectivity index (χ1) is 23.3. The fraction of sp³-hybridized carbons (Fsp3) is 0.300. The third-order valence-corrected chi connectivity index (χ3v) is 7.85. The van der Waals surface area contributed by atoms with Crippen LogP contribution in [0.5, 0.6) is 0 Å². The molecule has 0 aliphatic heterocycles. The second-order valence-electron chi connectivity index (χ2n) is 12.3. The normalized spacial score (nSPS) is 12.7. The Morgan fingerprint density at radius 3 is 1.52 bits per heavy atom. The molecule has 4 aromatic rings. The second-order valence-corrected chi connectivity index (χ2v) is 12.3. The predicted octanol–water partition coefficient (Wildman–Crippen LogP) is 6.62. The highest BCUT2D eigenvalue weighted by molar-refractivity contribution is 5.93. The van der Waals surface area contributed by atoms with Crippen LogP contribution >= 0.6 is 0 Å². The fourth-order valence-electron chi connectivity index (χ4n) is 5.35. The molecule has 0 aromatic heterocycles. The van der Waals surface area contributed by atoms with Crippen LogP contribution in [-0.2, 0) is 49.9 Å². The molecule has 0 saturated heterocycles. The summed E-state index contributed by atoms with van der Waals surface area (Å²) < 4.78 is 11.0. The van der Waals surface area contributed by atoms with Gasteiger partial charge in [0, 0.05) is 12.3 Å². The maximum absolute atomic E-state index is 14.0. The van der Waals surface area contributed by atoms with Gasteiger partial charge in [0.05, 0.1) is 6.04 Å². The molecule has 0 bridgehead atoms. The summed E-state index contributed by atoms with van der Waals surface area (Å²) in [5.41, 5.74) is 3.37. The molecular formula is C40H44N2O6. The van der Waals surface area contributed by atoms with Crippen LogP contribution in [-0.4, -0.2) is 35.8 Å². The largest absolute Gasteiger partial charge is 0.459 e. The summed E-state index contributed by atoms with van der Waals surface area (Å²) in [7, 11) is 0. The van der Waals surface area contributed by atoms with E-state index in [-0.39, 0.29) is 44.2 Å². The van der Waals surface area contributed by atoms with E-state index in [0.717, 1.165) is 22.3 Å². The number of benzene rings is 4. The van der Waals surface area contributed by atoms with Crippen molar-refractivity contribution in [2.75, 3.05) is 0 Å². The van der Waals surface area contributed by atoms with Crippen LogP contribution < -0.4 is 10.6 Å². The monoisotopic (exact) mass is 648 g/mol. The average molecular weight is 649 g/mol. The van der Waals surface area contributed by atoms with Gasteiger partial charge in [-0.1, -0.05) is 135 Å². The number of hydrogen-bond donors (Lipinski definition) is 2. The second kappa shape index (κ2) is 18.8. The van der Waals surface area contributed by atoms with Crippen LogP contribution in [0.25, 0.3) is 0 Å². The number of ether oxygens (including phenoxy) is 2. The molecule has 48 heavy (non-hydrogen) atoms. The van der Waals surface area contributed by atoms with Gasteiger partial charge in [0.25, 0.3) is 0 Å². The maximum Gasteiger partial charge on any atom is 0.408 e. The quantitative estimate of drug-likeness (QED) is 0.125. The van der Waals surface area contributed by atoms with Crippen molar-refractivity contribution >= 4 is 23.8 Å². The average Bonchev–Trinajstić information content (AvgIpc) is 3.10. The SMILES string of the molecule is CC(C)C[C@H](NC(=O)C(CC(=O)[C@H](Cc1ccccc1)NC(=O)OCc1ccccc1)Cc1ccccc1)C(=O)OCc1ccccc1. The smallest absolute Gasteiger partial charge is 0.408 e. The number of rotatable bonds is 17. The van der Waals surface area contributed by atoms with E-state index in [2.05, 4.69) is 10.6 Å². The van der Waals surface area contributed by atoms with Gasteiger partial charge in [-0.05, 0) is 47.4 Å². The minimum atomic E-state index is -0.941. The lowest BCUT2D eigenvalue weighted by atomic mass is 9.89. The zero-order valence-corrected chi connectivity index (χ0v) is 27.5. The summed E-state index contributed by atoms with van der Waals surface area (Å²) in [4.78, 5) is 54.0. The van der Waals surface area contributed by atoms with Crippen LogP contribution in [0.2, 0.25) is 0 Å². The zero-order chi connectivity index (χ0) is 34.1. The molecule has 0 saturated carbocycles. The van der Waals surface area contributed by atoms with E-state index in [1.807, 2.05) is 135 Å². The summed E-state index contributed by atoms with van der Waals surface area (Å²) in [5.74, 6) is -2.00. The van der Waals surface area contributed by atoms with Crippen molar-refractivity contribution in [1.82, 2.24) is 10.6 Å². The Morgan fingerprint density at radius 2 is 1.02 bits per heavy atom. The van der Waals surface area contributed by atoms with Crippen molar-refractivity contribution in [3.63, 3.8) is 0 Å². The Morgan fingerprint density at radius 1 is 0.562 bits per heavy atom. The molecule has 3 atom stereocenters. The van der Waals surface area contributed by atoms with Gasteiger partial charge in [0.1, 0.15) is 19.3 Å². The number of amides is 2. The van der Waals surface area contributed by atoms with E-state index in [0.29, 0.717) is 6.42 Å². The van der Waals surface area contributed by atoms with E-state index in [1.165, 1.54) is 0 Å². The van der Waals surface area contributed by atoms with Crippen LogP contribution in [0.4, 0.5) is 4.79 Å². The van der Waals surface area contributed by atoms with Crippen LogP contribution in [0, 0.1) is 11.8 Å². The summed E-state index contributed by atoms with van der Waals surface area (Å²) in [6.07, 6.45) is -0.0267. The van der Waals surface area contributed by atoms with E-state index in [4.69, 9.17) is 9.47 Å². The first-order valence-corrected chi connectivity index (χ1v) is 16.4. The minimum Gasteiger partial charge on any atom is -0.459 e. The standard InChI is InChI=1S/C40H44N2O6/c1-29(2)23-36(39(45)47-27-32-19-11-5-12-20-32)41-38(44)34(24-30-15-7-3-8-16-30)26-37(43)35(25-31-17-9-4-10-18-31)42-40(46)48-28-33-21-13-6-14-22-33/h3-22,29,34-36H,23-28H2,1-2H3,(H,41,44)(H,42,46)/t34?,35-,36-/m0/s1. The number of esters is 1. The lowest BCUT2D eigenvalue weighted by Crippen LogP contribution is -2.48. The lowest BCUT2D eigenvalue weighted by molar-refractivity contribution is -0.150. The molecule has 2 amide bonds. The van der Waals surface area contributed by atoms with Gasteiger partial charge in [0.2, 0.25) is 5.91 Å². The molecule has 4 rings (SSSR count). The lowest BCUT2D eigenvalue weighted by Gasteiger charge is -2.24. The van der Waals surface area contributed by atoms with Crippen molar-refractivity contribution in [3.05, 3.63) is 144 Å². The molecule has 250 valence electrons. The number of Topliss-reactive ketones (excluding diaryl/α,β-unsaturated/α-hetero) is 1. The molecule has 8 heteroatoms. The highest BCUT2D eigenvalue weighted by Crippen LogP contribution is 2.18. The van der Waals surface area contributed by atoms with Crippen molar-refractivity contribution < 1.29 is 28.7 Å². The van der Waals surface area contributed by atoms with Crippen molar-refractivity contribution in [2.45, 2.75) is 64.8 Å². The van der Waals surface area contributed by atoms with Gasteiger partial charge in [-0.2, -0.15) is 0 Å². The first-order valence-electron chi connectivity index (χ1n) is 16.4. The van der Waals surface area contributed by atoms with Gasteiger partial charge >= 0.3 is 12.1 Å². The molecule has 4 aromatic carbocycles. The van der Waals surface area contributed by atoms with E-state index < -0.39 is 36.0 Å². The van der Waals surface area contributed by atoms with Crippen molar-refractivity contribution in [3.8, 4) is 0 Å². The molecule has 1 unspecified atom stereocenters. The third kappa shape index (κ3) is 12.2. The number of carbonyl (C=O) groups is 4. The van der Waals surface area contributed by atoms with Gasteiger partial charge in [-0.15, -0.1) is 0 Å². The molecule has 0 aliphatic carbocycles. The Balaban J connectivity index is 1.50. The fourth-order valence-corrected chi connectivity index (χ4v) is 5.35. The number of ketones is 1. The molecule has 0 spiro atoms.